The van der Waals surface area contributed by atoms with E-state index in [0.717, 1.165) is 53.3 Å². The van der Waals surface area contributed by atoms with E-state index in [-0.39, 0.29) is 12.4 Å². The molecule has 3 rings (SSSR count). The van der Waals surface area contributed by atoms with Crippen molar-refractivity contribution >= 4 is 23.3 Å². The number of para-hydroxylation sites is 1. The number of esters is 1. The SMILES string of the molecule is CCCc1cc(Oc2ccccc2)ccc1OCCCNc1ccc(CC(=O)OC)cc1Cl. The molecule has 0 radical (unpaired) electrons. The first kappa shape index (κ1) is 24.5. The Kier molecular flexibility index (Phi) is 9.45. The maximum atomic E-state index is 11.4. The number of methoxy groups -OCH3 is 1. The number of anilines is 1. The van der Waals surface area contributed by atoms with Crippen LogP contribution >= 0.6 is 11.6 Å². The quantitative estimate of drug-likeness (QED) is 0.238. The first-order chi connectivity index (χ1) is 16.1. The number of halogens is 1. The van der Waals surface area contributed by atoms with Crippen LogP contribution in [0.25, 0.3) is 0 Å². The van der Waals surface area contributed by atoms with Crippen molar-refractivity contribution in [3.8, 4) is 17.2 Å². The van der Waals surface area contributed by atoms with Gasteiger partial charge in [0, 0.05) is 6.54 Å². The molecule has 0 atom stereocenters. The topological polar surface area (TPSA) is 56.8 Å². The standard InChI is InChI=1S/C27H30ClNO4/c1-3-8-21-19-23(33-22-9-5-4-6-10-22)12-14-26(21)32-16-7-15-29-25-13-11-20(17-24(25)28)18-27(30)31-2/h4-6,9-14,17,19,29H,3,7-8,15-16,18H2,1-2H3. The van der Waals surface area contributed by atoms with Gasteiger partial charge < -0.3 is 19.5 Å². The van der Waals surface area contributed by atoms with Crippen LogP contribution in [0, 0.1) is 0 Å². The van der Waals surface area contributed by atoms with E-state index >= 15 is 0 Å². The highest BCUT2D eigenvalue weighted by molar-refractivity contribution is 6.33. The minimum Gasteiger partial charge on any atom is -0.493 e. The number of hydrogen-bond acceptors (Lipinski definition) is 5. The Balaban J connectivity index is 1.49. The Labute approximate surface area is 200 Å². The molecule has 0 aliphatic heterocycles. The molecular formula is C27H30ClNO4. The van der Waals surface area contributed by atoms with Gasteiger partial charge in [0.25, 0.3) is 0 Å². The fourth-order valence-corrected chi connectivity index (χ4v) is 3.65. The molecule has 0 aliphatic rings. The van der Waals surface area contributed by atoms with Crippen molar-refractivity contribution in [1.82, 2.24) is 0 Å². The van der Waals surface area contributed by atoms with Crippen LogP contribution < -0.4 is 14.8 Å². The molecule has 3 aromatic rings. The van der Waals surface area contributed by atoms with Crippen molar-refractivity contribution in [1.29, 1.82) is 0 Å². The van der Waals surface area contributed by atoms with Crippen molar-refractivity contribution < 1.29 is 19.0 Å². The number of carbonyl (C=O) groups excluding carboxylic acids is 1. The third-order valence-corrected chi connectivity index (χ3v) is 5.35. The fourth-order valence-electron chi connectivity index (χ4n) is 3.38. The van der Waals surface area contributed by atoms with Crippen LogP contribution in [0.4, 0.5) is 5.69 Å². The van der Waals surface area contributed by atoms with Crippen LogP contribution in [-0.2, 0) is 22.4 Å². The summed E-state index contributed by atoms with van der Waals surface area (Å²) in [6, 6.07) is 21.3. The molecule has 0 unspecified atom stereocenters. The Bertz CT molecular complexity index is 1040. The van der Waals surface area contributed by atoms with E-state index in [1.807, 2.05) is 54.6 Å². The van der Waals surface area contributed by atoms with Crippen LogP contribution in [0.3, 0.4) is 0 Å². The Morgan fingerprint density at radius 2 is 1.82 bits per heavy atom. The summed E-state index contributed by atoms with van der Waals surface area (Å²) in [4.78, 5) is 11.4. The number of ether oxygens (including phenoxy) is 3. The molecule has 6 heteroatoms. The lowest BCUT2D eigenvalue weighted by Gasteiger charge is -2.14. The van der Waals surface area contributed by atoms with Crippen LogP contribution in [-0.4, -0.2) is 26.2 Å². The fraction of sp³-hybridized carbons (Fsp3) is 0.296. The molecule has 0 amide bonds. The van der Waals surface area contributed by atoms with Crippen molar-refractivity contribution in [3.05, 3.63) is 82.9 Å². The van der Waals surface area contributed by atoms with Crippen LogP contribution in [0.1, 0.15) is 30.9 Å². The van der Waals surface area contributed by atoms with Gasteiger partial charge in [0.1, 0.15) is 17.2 Å². The van der Waals surface area contributed by atoms with E-state index in [2.05, 4.69) is 18.3 Å². The zero-order valence-corrected chi connectivity index (χ0v) is 19.9. The minimum atomic E-state index is -0.286. The highest BCUT2D eigenvalue weighted by Gasteiger charge is 2.08. The average Bonchev–Trinajstić information content (AvgIpc) is 2.82. The second kappa shape index (κ2) is 12.8. The second-order valence-corrected chi connectivity index (χ2v) is 8.04. The molecule has 0 saturated heterocycles. The smallest absolute Gasteiger partial charge is 0.309 e. The predicted molar refractivity (Wildman–Crippen MR) is 133 cm³/mol. The molecule has 0 aromatic heterocycles. The first-order valence-electron chi connectivity index (χ1n) is 11.2. The summed E-state index contributed by atoms with van der Waals surface area (Å²) >= 11 is 6.34. The van der Waals surface area contributed by atoms with E-state index in [1.165, 1.54) is 7.11 Å². The van der Waals surface area contributed by atoms with Gasteiger partial charge in [-0.1, -0.05) is 49.2 Å². The molecule has 174 valence electrons. The van der Waals surface area contributed by atoms with Crippen molar-refractivity contribution in [2.45, 2.75) is 32.6 Å². The molecule has 0 heterocycles. The lowest BCUT2D eigenvalue weighted by atomic mass is 10.1. The lowest BCUT2D eigenvalue weighted by molar-refractivity contribution is -0.139. The van der Waals surface area contributed by atoms with Crippen molar-refractivity contribution in [3.63, 3.8) is 0 Å². The zero-order chi connectivity index (χ0) is 23.5. The van der Waals surface area contributed by atoms with Gasteiger partial charge in [0.15, 0.2) is 0 Å². The molecule has 5 nitrogen and oxygen atoms in total. The maximum Gasteiger partial charge on any atom is 0.309 e. The molecular weight excluding hydrogens is 438 g/mol. The number of hydrogen-bond donors (Lipinski definition) is 1. The molecule has 33 heavy (non-hydrogen) atoms. The summed E-state index contributed by atoms with van der Waals surface area (Å²) in [5.74, 6) is 2.23. The third-order valence-electron chi connectivity index (χ3n) is 5.03. The number of rotatable bonds is 12. The minimum absolute atomic E-state index is 0.208. The van der Waals surface area contributed by atoms with E-state index in [4.69, 9.17) is 25.8 Å². The van der Waals surface area contributed by atoms with Gasteiger partial charge in [0.2, 0.25) is 0 Å². The molecule has 0 aliphatic carbocycles. The van der Waals surface area contributed by atoms with Gasteiger partial charge in [-0.3, -0.25) is 4.79 Å². The summed E-state index contributed by atoms with van der Waals surface area (Å²) in [5.41, 5.74) is 2.80. The summed E-state index contributed by atoms with van der Waals surface area (Å²) < 4.78 is 16.7. The van der Waals surface area contributed by atoms with Gasteiger partial charge in [-0.2, -0.15) is 0 Å². The van der Waals surface area contributed by atoms with Gasteiger partial charge in [-0.25, -0.2) is 0 Å². The second-order valence-electron chi connectivity index (χ2n) is 7.63. The monoisotopic (exact) mass is 467 g/mol. The molecule has 0 spiro atoms. The maximum absolute atomic E-state index is 11.4. The number of aryl methyl sites for hydroxylation is 1. The average molecular weight is 468 g/mol. The van der Waals surface area contributed by atoms with Gasteiger partial charge >= 0.3 is 5.97 Å². The van der Waals surface area contributed by atoms with E-state index in [1.54, 1.807) is 6.07 Å². The predicted octanol–water partition coefficient (Wildman–Crippen LogP) is 6.68. The molecule has 0 saturated carbocycles. The normalized spacial score (nSPS) is 10.5. The summed E-state index contributed by atoms with van der Waals surface area (Å²) in [5, 5.41) is 3.90. The number of benzene rings is 3. The summed E-state index contributed by atoms with van der Waals surface area (Å²) in [6.07, 6.45) is 2.97. The van der Waals surface area contributed by atoms with E-state index in [0.29, 0.717) is 18.2 Å². The Morgan fingerprint density at radius 1 is 1.00 bits per heavy atom. The van der Waals surface area contributed by atoms with Crippen LogP contribution in [0.15, 0.2) is 66.7 Å². The zero-order valence-electron chi connectivity index (χ0n) is 19.1. The van der Waals surface area contributed by atoms with Crippen LogP contribution in [0.5, 0.6) is 17.2 Å². The largest absolute Gasteiger partial charge is 0.493 e. The van der Waals surface area contributed by atoms with Crippen LogP contribution in [0.2, 0.25) is 5.02 Å². The molecule has 0 fully saturated rings. The number of carbonyl (C=O) groups is 1. The van der Waals surface area contributed by atoms with E-state index in [9.17, 15) is 4.79 Å². The molecule has 3 aromatic carbocycles. The molecule has 1 N–H and O–H groups in total. The summed E-state index contributed by atoms with van der Waals surface area (Å²) in [7, 11) is 1.38. The lowest BCUT2D eigenvalue weighted by Crippen LogP contribution is -2.09. The number of nitrogens with one attached hydrogen (secondary N) is 1. The highest BCUT2D eigenvalue weighted by atomic mass is 35.5. The Morgan fingerprint density at radius 3 is 2.55 bits per heavy atom. The van der Waals surface area contributed by atoms with Gasteiger partial charge in [-0.15, -0.1) is 0 Å². The third kappa shape index (κ3) is 7.72. The summed E-state index contributed by atoms with van der Waals surface area (Å²) in [6.45, 7) is 3.45. The van der Waals surface area contributed by atoms with Crippen molar-refractivity contribution in [2.75, 3.05) is 25.6 Å². The molecule has 0 bridgehead atoms. The highest BCUT2D eigenvalue weighted by Crippen LogP contribution is 2.29. The van der Waals surface area contributed by atoms with E-state index < -0.39 is 0 Å². The van der Waals surface area contributed by atoms with Crippen molar-refractivity contribution in [2.24, 2.45) is 0 Å². The van der Waals surface area contributed by atoms with Gasteiger partial charge in [0.05, 0.1) is 30.8 Å². The first-order valence-corrected chi connectivity index (χ1v) is 11.5. The van der Waals surface area contributed by atoms with Gasteiger partial charge in [-0.05, 0) is 66.4 Å². The Hall–Kier alpha value is -3.18.